The molecule has 0 radical (unpaired) electrons. The lowest BCUT2D eigenvalue weighted by Crippen LogP contribution is -2.58. The molecule has 0 saturated carbocycles. The van der Waals surface area contributed by atoms with Crippen molar-refractivity contribution in [2.75, 3.05) is 19.7 Å². The monoisotopic (exact) mass is 523 g/mol. The Kier molecular flexibility index (Phi) is 7.79. The van der Waals surface area contributed by atoms with E-state index in [2.05, 4.69) is 9.97 Å². The zero-order valence-electron chi connectivity index (χ0n) is 19.6. The smallest absolute Gasteiger partial charge is 0.330 e. The summed E-state index contributed by atoms with van der Waals surface area (Å²) in [6, 6.07) is 12.0. The number of aromatic nitrogens is 2. The number of para-hydroxylation sites is 2. The lowest BCUT2D eigenvalue weighted by molar-refractivity contribution is -0.386. The van der Waals surface area contributed by atoms with Crippen molar-refractivity contribution in [1.82, 2.24) is 14.9 Å². The van der Waals surface area contributed by atoms with E-state index >= 15 is 0 Å². The van der Waals surface area contributed by atoms with E-state index in [1.54, 1.807) is 24.3 Å². The minimum atomic E-state index is -2.61. The van der Waals surface area contributed by atoms with Gasteiger partial charge in [0.1, 0.15) is 6.07 Å². The molecule has 1 unspecified atom stereocenters. The third-order valence-electron chi connectivity index (χ3n) is 5.88. The first-order valence-electron chi connectivity index (χ1n) is 11.6. The Morgan fingerprint density at radius 2 is 1.92 bits per heavy atom. The molecule has 1 fully saturated rings. The quantitative estimate of drug-likeness (QED) is 0.231. The average molecular weight is 524 g/mol. The number of carbonyl (C=O) groups excluding carboxylic acids is 2. The predicted molar refractivity (Wildman–Crippen MR) is 132 cm³/mol. The predicted octanol–water partition coefficient (Wildman–Crippen LogP) is 3.88. The second kappa shape index (κ2) is 11.2. The summed E-state index contributed by atoms with van der Waals surface area (Å²) in [5.41, 5.74) is -1.99. The van der Waals surface area contributed by atoms with Gasteiger partial charge in [0.15, 0.2) is 5.75 Å². The highest BCUT2D eigenvalue weighted by atomic mass is 35.5. The molecule has 4 rings (SSSR count). The van der Waals surface area contributed by atoms with Crippen LogP contribution in [0, 0.1) is 21.4 Å². The Hall–Kier alpha value is -4.30. The molecular formula is C25H22ClN5O6. The van der Waals surface area contributed by atoms with Gasteiger partial charge in [-0.15, -0.1) is 0 Å². The number of nitro groups is 1. The number of nitriles is 1. The first-order valence-corrected chi connectivity index (χ1v) is 11.9. The number of fused-ring (bicyclic) bond motifs is 1. The summed E-state index contributed by atoms with van der Waals surface area (Å²) in [4.78, 5) is 47.6. The Balaban J connectivity index is 1.57. The first-order chi connectivity index (χ1) is 17.8. The molecule has 1 atom stereocenters. The maximum absolute atomic E-state index is 13.5. The normalized spacial score (nSPS) is 14.9. The summed E-state index contributed by atoms with van der Waals surface area (Å²) in [6.45, 7) is 0.468. The highest BCUT2D eigenvalue weighted by molar-refractivity contribution is 6.31. The number of nitro benzene ring substituents is 1. The zero-order valence-corrected chi connectivity index (χ0v) is 20.4. The average Bonchev–Trinajstić information content (AvgIpc) is 2.92. The number of ether oxygens (including phenoxy) is 2. The molecule has 1 aliphatic rings. The molecule has 0 N–H and O–H groups in total. The van der Waals surface area contributed by atoms with Crippen LogP contribution < -0.4 is 9.47 Å². The first kappa shape index (κ1) is 25.8. The number of halogens is 1. The van der Waals surface area contributed by atoms with Crippen LogP contribution in [0.1, 0.15) is 25.7 Å². The van der Waals surface area contributed by atoms with E-state index in [1.165, 1.54) is 35.4 Å². The van der Waals surface area contributed by atoms with Crippen LogP contribution in [0.15, 0.2) is 48.7 Å². The summed E-state index contributed by atoms with van der Waals surface area (Å²) in [5.74, 6) is -1.95. The molecule has 1 amide bonds. The summed E-state index contributed by atoms with van der Waals surface area (Å²) in [6.07, 6.45) is 3.30. The van der Waals surface area contributed by atoms with E-state index in [0.717, 1.165) is 6.42 Å². The van der Waals surface area contributed by atoms with Crippen molar-refractivity contribution in [3.63, 3.8) is 0 Å². The van der Waals surface area contributed by atoms with Crippen LogP contribution in [0.2, 0.25) is 5.02 Å². The largest absolute Gasteiger partial charge is 0.476 e. The van der Waals surface area contributed by atoms with E-state index in [4.69, 9.17) is 21.1 Å². The molecule has 1 saturated heterocycles. The summed E-state index contributed by atoms with van der Waals surface area (Å²) < 4.78 is 11.2. The Bertz CT molecular complexity index is 1390. The van der Waals surface area contributed by atoms with Gasteiger partial charge in [-0.1, -0.05) is 23.7 Å². The van der Waals surface area contributed by atoms with Gasteiger partial charge in [0.25, 0.3) is 5.91 Å². The molecule has 3 aromatic rings. The molecule has 37 heavy (non-hydrogen) atoms. The molecule has 2 heterocycles. The number of ketones is 1. The number of Topliss-reactive ketones (excluding diaryl/α,β-unsaturated/α-hetero) is 1. The lowest BCUT2D eigenvalue weighted by Gasteiger charge is -2.33. The second-order valence-electron chi connectivity index (χ2n) is 8.34. The molecule has 11 nitrogen and oxygen atoms in total. The Morgan fingerprint density at radius 1 is 1.16 bits per heavy atom. The van der Waals surface area contributed by atoms with Crippen LogP contribution in [-0.4, -0.2) is 56.8 Å². The van der Waals surface area contributed by atoms with Crippen LogP contribution >= 0.6 is 11.6 Å². The number of carbonyl (C=O) groups is 2. The Morgan fingerprint density at radius 3 is 2.65 bits per heavy atom. The van der Waals surface area contributed by atoms with Gasteiger partial charge >= 0.3 is 11.3 Å². The van der Waals surface area contributed by atoms with Crippen molar-refractivity contribution in [2.24, 2.45) is 0 Å². The van der Waals surface area contributed by atoms with Gasteiger partial charge in [0.2, 0.25) is 11.7 Å². The fourth-order valence-electron chi connectivity index (χ4n) is 3.99. The number of nitrogens with zero attached hydrogens (tertiary/aromatic N) is 5. The van der Waals surface area contributed by atoms with Gasteiger partial charge in [-0.25, -0.2) is 9.97 Å². The topological polar surface area (TPSA) is 149 Å². The van der Waals surface area contributed by atoms with Crippen molar-refractivity contribution in [2.45, 2.75) is 31.3 Å². The van der Waals surface area contributed by atoms with E-state index in [-0.39, 0.29) is 18.2 Å². The van der Waals surface area contributed by atoms with Crippen molar-refractivity contribution < 1.29 is 24.0 Å². The van der Waals surface area contributed by atoms with Gasteiger partial charge in [-0.05, 0) is 43.5 Å². The highest BCUT2D eigenvalue weighted by Gasteiger charge is 2.52. The number of rotatable bonds is 9. The van der Waals surface area contributed by atoms with Crippen molar-refractivity contribution in [1.29, 1.82) is 5.26 Å². The summed E-state index contributed by atoms with van der Waals surface area (Å²) >= 11 is 5.96. The van der Waals surface area contributed by atoms with E-state index < -0.39 is 34.3 Å². The molecule has 2 aromatic carbocycles. The van der Waals surface area contributed by atoms with Crippen LogP contribution in [0.4, 0.5) is 5.69 Å². The number of hydrogen-bond donors (Lipinski definition) is 0. The van der Waals surface area contributed by atoms with Gasteiger partial charge < -0.3 is 14.4 Å². The lowest BCUT2D eigenvalue weighted by atomic mass is 9.94. The number of hydrogen-bond acceptors (Lipinski definition) is 9. The number of benzene rings is 2. The third-order valence-corrected chi connectivity index (χ3v) is 6.12. The molecular weight excluding hydrogens is 502 g/mol. The van der Waals surface area contributed by atoms with Crippen LogP contribution in [0.3, 0.4) is 0 Å². The standard InChI is InChI=1S/C25H22ClN5O6/c26-17-8-9-18-19(14-17)28-15-23(29-18)36-13-10-22(32)25(16-27,24(33)30-11-4-1-5-12-30)37-21-7-3-2-6-20(21)31(34)35/h2-3,6-9,14-15H,1,4-5,10-13H2. The van der Waals surface area contributed by atoms with Gasteiger partial charge in [-0.2, -0.15) is 5.26 Å². The molecule has 1 aliphatic heterocycles. The number of amides is 1. The van der Waals surface area contributed by atoms with Crippen LogP contribution in [-0.2, 0) is 9.59 Å². The van der Waals surface area contributed by atoms with E-state index in [9.17, 15) is 25.0 Å². The number of likely N-dealkylation sites (tertiary alicyclic amines) is 1. The summed E-state index contributed by atoms with van der Waals surface area (Å²) in [5, 5.41) is 22.1. The molecule has 1 aromatic heterocycles. The minimum Gasteiger partial charge on any atom is -0.476 e. The van der Waals surface area contributed by atoms with Crippen molar-refractivity contribution in [3.05, 3.63) is 63.8 Å². The second-order valence-corrected chi connectivity index (χ2v) is 8.77. The Labute approximate surface area is 216 Å². The fourth-order valence-corrected chi connectivity index (χ4v) is 4.16. The molecule has 190 valence electrons. The molecule has 0 spiro atoms. The molecule has 12 heteroatoms. The van der Waals surface area contributed by atoms with E-state index in [1.807, 2.05) is 0 Å². The van der Waals surface area contributed by atoms with E-state index in [0.29, 0.717) is 42.0 Å². The fraction of sp³-hybridized carbons (Fsp3) is 0.320. The van der Waals surface area contributed by atoms with Gasteiger partial charge in [-0.3, -0.25) is 19.7 Å². The van der Waals surface area contributed by atoms with Crippen LogP contribution in [0.25, 0.3) is 11.0 Å². The van der Waals surface area contributed by atoms with Gasteiger partial charge in [0.05, 0.1) is 28.8 Å². The van der Waals surface area contributed by atoms with Crippen LogP contribution in [0.5, 0.6) is 11.6 Å². The van der Waals surface area contributed by atoms with Gasteiger partial charge in [0, 0.05) is 30.6 Å². The highest BCUT2D eigenvalue weighted by Crippen LogP contribution is 2.32. The summed E-state index contributed by atoms with van der Waals surface area (Å²) in [7, 11) is 0. The molecule has 0 aliphatic carbocycles. The third kappa shape index (κ3) is 5.59. The van der Waals surface area contributed by atoms with Crippen molar-refractivity contribution >= 4 is 40.0 Å². The zero-order chi connectivity index (χ0) is 26.4. The maximum atomic E-state index is 13.5. The molecule has 0 bridgehead atoms. The van der Waals surface area contributed by atoms with Crippen molar-refractivity contribution in [3.8, 4) is 17.7 Å². The SMILES string of the molecule is N#CC(Oc1ccccc1[N+](=O)[O-])(C(=O)CCOc1cnc2cc(Cl)ccc2n1)C(=O)N1CCCCC1. The maximum Gasteiger partial charge on any atom is 0.330 e. The number of piperidine rings is 1. The minimum absolute atomic E-state index is 0.132.